The summed E-state index contributed by atoms with van der Waals surface area (Å²) in [6.45, 7) is -0.405. The first kappa shape index (κ1) is 14.8. The Hall–Kier alpha value is -2.62. The molecule has 2 aromatic rings. The molecule has 0 saturated heterocycles. The lowest BCUT2D eigenvalue weighted by atomic mass is 10.3. The molecule has 0 atom stereocenters. The summed E-state index contributed by atoms with van der Waals surface area (Å²) in [5.74, 6) is -0.641. The fraction of sp³-hybridized carbons (Fsp3) is 0.182. The lowest BCUT2D eigenvalue weighted by Crippen LogP contribution is -2.13. The third-order valence-electron chi connectivity index (χ3n) is 2.44. The zero-order valence-electron chi connectivity index (χ0n) is 10.9. The maximum Gasteiger partial charge on any atom is 0.325 e. The van der Waals surface area contributed by atoms with Gasteiger partial charge in [-0.25, -0.2) is 13.1 Å². The highest BCUT2D eigenvalue weighted by Gasteiger charge is 2.16. The topological polar surface area (TPSA) is 123 Å². The molecule has 0 spiro atoms. The number of aliphatic carboxylic acids is 1. The summed E-state index contributed by atoms with van der Waals surface area (Å²) in [5, 5.41) is 15.6. The van der Waals surface area contributed by atoms with Crippen molar-refractivity contribution in [2.75, 3.05) is 11.8 Å². The Balaban J connectivity index is 2.16. The number of benzene rings is 1. The van der Waals surface area contributed by atoms with E-state index in [2.05, 4.69) is 15.0 Å². The van der Waals surface area contributed by atoms with E-state index < -0.39 is 22.5 Å². The smallest absolute Gasteiger partial charge is 0.325 e. The molecule has 1 aromatic carbocycles. The average Bonchev–Trinajstić information content (AvgIpc) is 2.84. The van der Waals surface area contributed by atoms with Gasteiger partial charge in [-0.1, -0.05) is 5.21 Å². The van der Waals surface area contributed by atoms with Crippen molar-refractivity contribution < 1.29 is 23.1 Å². The number of methoxy groups -OCH3 is 1. The van der Waals surface area contributed by atoms with Crippen molar-refractivity contribution in [3.63, 3.8) is 0 Å². The van der Waals surface area contributed by atoms with Gasteiger partial charge in [0.1, 0.15) is 12.3 Å². The van der Waals surface area contributed by atoms with Crippen LogP contribution in [0.5, 0.6) is 5.75 Å². The van der Waals surface area contributed by atoms with Crippen molar-refractivity contribution in [1.82, 2.24) is 15.0 Å². The van der Waals surface area contributed by atoms with Gasteiger partial charge >= 0.3 is 5.97 Å². The number of sulfonamides is 1. The second kappa shape index (κ2) is 5.79. The number of aromatic nitrogens is 3. The van der Waals surface area contributed by atoms with Crippen LogP contribution in [-0.4, -0.2) is 41.6 Å². The van der Waals surface area contributed by atoms with E-state index in [9.17, 15) is 13.2 Å². The van der Waals surface area contributed by atoms with E-state index in [0.29, 0.717) is 5.75 Å². The quantitative estimate of drug-likeness (QED) is 0.779. The van der Waals surface area contributed by atoms with E-state index in [4.69, 9.17) is 9.84 Å². The van der Waals surface area contributed by atoms with Gasteiger partial charge in [-0.2, -0.15) is 0 Å². The van der Waals surface area contributed by atoms with Gasteiger partial charge in [0.2, 0.25) is 0 Å². The SMILES string of the molecule is COc1ccc(S(=O)(=O)Nc2cn(CC(=O)O)nn2)cc1. The number of nitrogens with zero attached hydrogens (tertiary/aromatic N) is 3. The zero-order valence-corrected chi connectivity index (χ0v) is 11.7. The molecule has 0 radical (unpaired) electrons. The second-order valence-electron chi connectivity index (χ2n) is 3.98. The summed E-state index contributed by atoms with van der Waals surface area (Å²) in [6.07, 6.45) is 1.19. The van der Waals surface area contributed by atoms with Gasteiger partial charge in [0.25, 0.3) is 10.0 Å². The molecule has 0 aliphatic rings. The minimum absolute atomic E-state index is 0.0242. The Morgan fingerprint density at radius 3 is 2.62 bits per heavy atom. The fourth-order valence-electron chi connectivity index (χ4n) is 1.51. The Morgan fingerprint density at radius 1 is 1.38 bits per heavy atom. The minimum atomic E-state index is -3.82. The van der Waals surface area contributed by atoms with Crippen molar-refractivity contribution in [2.24, 2.45) is 0 Å². The standard InChI is InChI=1S/C11H12N4O5S/c1-20-8-2-4-9(5-3-8)21(18,19)13-10-6-15(14-12-10)7-11(16)17/h2-6,13H,7H2,1H3,(H,16,17). The Morgan fingerprint density at radius 2 is 2.05 bits per heavy atom. The summed E-state index contributed by atoms with van der Waals surface area (Å²) in [5.41, 5.74) is 0. The highest BCUT2D eigenvalue weighted by atomic mass is 32.2. The molecule has 0 aliphatic heterocycles. The maximum absolute atomic E-state index is 12.1. The summed E-state index contributed by atoms with van der Waals surface area (Å²) < 4.78 is 32.3. The first-order chi connectivity index (χ1) is 9.90. The lowest BCUT2D eigenvalue weighted by Gasteiger charge is -2.05. The number of carboxylic acid groups (broad SMARTS) is 1. The van der Waals surface area contributed by atoms with Crippen LogP contribution in [0.1, 0.15) is 0 Å². The first-order valence-electron chi connectivity index (χ1n) is 5.69. The maximum atomic E-state index is 12.1. The molecular weight excluding hydrogens is 300 g/mol. The molecule has 0 bridgehead atoms. The number of anilines is 1. The van der Waals surface area contributed by atoms with Crippen LogP contribution in [-0.2, 0) is 21.4 Å². The van der Waals surface area contributed by atoms with Gasteiger partial charge in [0, 0.05) is 0 Å². The van der Waals surface area contributed by atoms with Crippen molar-refractivity contribution in [2.45, 2.75) is 11.4 Å². The zero-order chi connectivity index (χ0) is 15.5. The van der Waals surface area contributed by atoms with Crippen molar-refractivity contribution >= 4 is 21.8 Å². The van der Waals surface area contributed by atoms with E-state index in [1.54, 1.807) is 0 Å². The molecule has 9 nitrogen and oxygen atoms in total. The fourth-order valence-corrected chi connectivity index (χ4v) is 2.49. The van der Waals surface area contributed by atoms with Crippen LogP contribution < -0.4 is 9.46 Å². The van der Waals surface area contributed by atoms with Crippen LogP contribution >= 0.6 is 0 Å². The van der Waals surface area contributed by atoms with E-state index in [0.717, 1.165) is 4.68 Å². The van der Waals surface area contributed by atoms with Crippen LogP contribution in [0.2, 0.25) is 0 Å². The number of nitrogens with one attached hydrogen (secondary N) is 1. The normalized spacial score (nSPS) is 11.1. The Bertz CT molecular complexity index is 738. The van der Waals surface area contributed by atoms with Crippen LogP contribution in [0.15, 0.2) is 35.4 Å². The van der Waals surface area contributed by atoms with Gasteiger partial charge in [-0.15, -0.1) is 5.10 Å². The third kappa shape index (κ3) is 3.69. The number of hydrogen-bond donors (Lipinski definition) is 2. The Kier molecular flexibility index (Phi) is 4.08. The molecule has 1 heterocycles. The average molecular weight is 312 g/mol. The molecule has 1 aromatic heterocycles. The lowest BCUT2D eigenvalue weighted by molar-refractivity contribution is -0.137. The molecule has 112 valence electrons. The van der Waals surface area contributed by atoms with Gasteiger partial charge in [0.15, 0.2) is 5.82 Å². The Labute approximate surface area is 120 Å². The van der Waals surface area contributed by atoms with E-state index in [1.165, 1.54) is 37.6 Å². The van der Waals surface area contributed by atoms with E-state index >= 15 is 0 Å². The predicted molar refractivity (Wildman–Crippen MR) is 71.5 cm³/mol. The van der Waals surface area contributed by atoms with Gasteiger partial charge in [-0.05, 0) is 24.3 Å². The molecule has 0 amide bonds. The molecule has 0 saturated carbocycles. The number of ether oxygens (including phenoxy) is 1. The molecular formula is C11H12N4O5S. The molecule has 21 heavy (non-hydrogen) atoms. The number of rotatable bonds is 6. The van der Waals surface area contributed by atoms with Crippen LogP contribution in [0.4, 0.5) is 5.82 Å². The van der Waals surface area contributed by atoms with Crippen molar-refractivity contribution in [3.05, 3.63) is 30.5 Å². The molecule has 2 rings (SSSR count). The van der Waals surface area contributed by atoms with E-state index in [1.807, 2.05) is 0 Å². The summed E-state index contributed by atoms with van der Waals surface area (Å²) in [7, 11) is -2.35. The summed E-state index contributed by atoms with van der Waals surface area (Å²) >= 11 is 0. The summed E-state index contributed by atoms with van der Waals surface area (Å²) in [4.78, 5) is 10.5. The monoisotopic (exact) mass is 312 g/mol. The van der Waals surface area contributed by atoms with Crippen molar-refractivity contribution in [1.29, 1.82) is 0 Å². The van der Waals surface area contributed by atoms with Crippen LogP contribution in [0, 0.1) is 0 Å². The molecule has 10 heteroatoms. The van der Waals surface area contributed by atoms with Gasteiger partial charge < -0.3 is 9.84 Å². The van der Waals surface area contributed by atoms with Crippen LogP contribution in [0.3, 0.4) is 0 Å². The number of carbonyl (C=O) groups is 1. The van der Waals surface area contributed by atoms with E-state index in [-0.39, 0.29) is 10.7 Å². The minimum Gasteiger partial charge on any atom is -0.497 e. The molecule has 0 fully saturated rings. The predicted octanol–water partition coefficient (Wildman–Crippen LogP) is 0.172. The van der Waals surface area contributed by atoms with Gasteiger partial charge in [0.05, 0.1) is 18.2 Å². The molecule has 0 aliphatic carbocycles. The van der Waals surface area contributed by atoms with Gasteiger partial charge in [-0.3, -0.25) is 9.52 Å². The number of carboxylic acids is 1. The highest BCUT2D eigenvalue weighted by Crippen LogP contribution is 2.17. The third-order valence-corrected chi connectivity index (χ3v) is 3.82. The van der Waals surface area contributed by atoms with Crippen molar-refractivity contribution in [3.8, 4) is 5.75 Å². The van der Waals surface area contributed by atoms with Crippen LogP contribution in [0.25, 0.3) is 0 Å². The largest absolute Gasteiger partial charge is 0.497 e. The highest BCUT2D eigenvalue weighted by molar-refractivity contribution is 7.92. The summed E-state index contributed by atoms with van der Waals surface area (Å²) in [6, 6.07) is 5.78. The first-order valence-corrected chi connectivity index (χ1v) is 7.18. The second-order valence-corrected chi connectivity index (χ2v) is 5.66. The molecule has 0 unspecified atom stereocenters. The molecule has 2 N–H and O–H groups in total. The number of hydrogen-bond acceptors (Lipinski definition) is 6.